The van der Waals surface area contributed by atoms with Crippen LogP contribution in [0.2, 0.25) is 5.02 Å². The van der Waals surface area contributed by atoms with Crippen LogP contribution in [-0.2, 0) is 6.18 Å². The van der Waals surface area contributed by atoms with Gasteiger partial charge in [0.2, 0.25) is 0 Å². The fourth-order valence-corrected chi connectivity index (χ4v) is 1.94. The van der Waals surface area contributed by atoms with Crippen LogP contribution in [0.5, 0.6) is 0 Å². The first kappa shape index (κ1) is 13.7. The lowest BCUT2D eigenvalue weighted by molar-refractivity contribution is -0.137. The second kappa shape index (κ2) is 4.74. The minimum Gasteiger partial charge on any atom is -0.398 e. The van der Waals surface area contributed by atoms with Gasteiger partial charge in [0.15, 0.2) is 0 Å². The molecule has 100 valence electrons. The van der Waals surface area contributed by atoms with Crippen molar-refractivity contribution in [1.29, 1.82) is 0 Å². The van der Waals surface area contributed by atoms with Crippen molar-refractivity contribution in [3.8, 4) is 11.1 Å². The molecule has 0 unspecified atom stereocenters. The fraction of sp³-hybridized carbons (Fsp3) is 0.0769. The Labute approximate surface area is 111 Å². The average Bonchev–Trinajstić information content (AvgIpc) is 2.26. The molecule has 0 atom stereocenters. The first-order valence-corrected chi connectivity index (χ1v) is 5.58. The molecule has 0 saturated carbocycles. The van der Waals surface area contributed by atoms with E-state index < -0.39 is 17.6 Å². The van der Waals surface area contributed by atoms with E-state index in [0.717, 1.165) is 24.3 Å². The SMILES string of the molecule is Nc1cc(F)ccc1-c1cc(Cl)cc(C(F)(F)F)c1. The summed E-state index contributed by atoms with van der Waals surface area (Å²) in [5.74, 6) is -0.556. The maximum atomic E-state index is 12.9. The predicted octanol–water partition coefficient (Wildman–Crippen LogP) is 4.75. The van der Waals surface area contributed by atoms with Crippen LogP contribution in [0.1, 0.15) is 5.56 Å². The number of nitrogens with two attached hydrogens (primary N) is 1. The lowest BCUT2D eigenvalue weighted by Crippen LogP contribution is -2.05. The van der Waals surface area contributed by atoms with Crippen LogP contribution in [0.25, 0.3) is 11.1 Å². The van der Waals surface area contributed by atoms with E-state index in [1.165, 1.54) is 12.1 Å². The normalized spacial score (nSPS) is 11.6. The number of hydrogen-bond acceptors (Lipinski definition) is 1. The topological polar surface area (TPSA) is 26.0 Å². The van der Waals surface area contributed by atoms with Crippen LogP contribution in [0, 0.1) is 5.82 Å². The molecule has 0 aliphatic rings. The van der Waals surface area contributed by atoms with Gasteiger partial charge >= 0.3 is 6.18 Å². The van der Waals surface area contributed by atoms with Gasteiger partial charge in [0.25, 0.3) is 0 Å². The minimum absolute atomic E-state index is 0.0513. The molecule has 2 rings (SSSR count). The number of benzene rings is 2. The largest absolute Gasteiger partial charge is 0.416 e. The molecule has 0 bridgehead atoms. The van der Waals surface area contributed by atoms with Crippen molar-refractivity contribution < 1.29 is 17.6 Å². The third kappa shape index (κ3) is 2.98. The molecule has 0 aliphatic heterocycles. The van der Waals surface area contributed by atoms with Crippen molar-refractivity contribution in [3.05, 3.63) is 52.8 Å². The molecular weight excluding hydrogens is 282 g/mol. The summed E-state index contributed by atoms with van der Waals surface area (Å²) >= 11 is 5.67. The van der Waals surface area contributed by atoms with E-state index >= 15 is 0 Å². The Balaban J connectivity index is 2.59. The molecule has 0 amide bonds. The zero-order chi connectivity index (χ0) is 14.2. The summed E-state index contributed by atoms with van der Waals surface area (Å²) in [7, 11) is 0. The molecule has 2 N–H and O–H groups in total. The van der Waals surface area contributed by atoms with Crippen molar-refractivity contribution in [3.63, 3.8) is 0 Å². The van der Waals surface area contributed by atoms with Crippen LogP contribution in [-0.4, -0.2) is 0 Å². The monoisotopic (exact) mass is 289 g/mol. The van der Waals surface area contributed by atoms with Crippen LogP contribution >= 0.6 is 11.6 Å². The summed E-state index contributed by atoms with van der Waals surface area (Å²) in [4.78, 5) is 0. The number of anilines is 1. The van der Waals surface area contributed by atoms with Crippen LogP contribution in [0.3, 0.4) is 0 Å². The number of hydrogen-bond donors (Lipinski definition) is 1. The standard InChI is InChI=1S/C13H8ClF4N/c14-9-4-7(3-8(5-9)13(16,17)18)11-2-1-10(15)6-12(11)19/h1-6H,19H2. The van der Waals surface area contributed by atoms with Crippen molar-refractivity contribution >= 4 is 17.3 Å². The minimum atomic E-state index is -4.51. The molecule has 0 aromatic heterocycles. The molecular formula is C13H8ClF4N. The van der Waals surface area contributed by atoms with Crippen molar-refractivity contribution in [2.24, 2.45) is 0 Å². The highest BCUT2D eigenvalue weighted by Crippen LogP contribution is 2.36. The van der Waals surface area contributed by atoms with Gasteiger partial charge < -0.3 is 5.73 Å². The van der Waals surface area contributed by atoms with E-state index in [-0.39, 0.29) is 16.3 Å². The van der Waals surface area contributed by atoms with E-state index in [0.29, 0.717) is 5.56 Å². The third-order valence-electron chi connectivity index (χ3n) is 2.55. The molecule has 2 aromatic rings. The van der Waals surface area contributed by atoms with Crippen LogP contribution < -0.4 is 5.73 Å². The molecule has 6 heteroatoms. The van der Waals surface area contributed by atoms with Gasteiger partial charge in [0.1, 0.15) is 5.82 Å². The molecule has 0 fully saturated rings. The molecule has 0 heterocycles. The maximum absolute atomic E-state index is 12.9. The third-order valence-corrected chi connectivity index (χ3v) is 2.77. The van der Waals surface area contributed by atoms with Gasteiger partial charge in [-0.2, -0.15) is 13.2 Å². The van der Waals surface area contributed by atoms with Crippen molar-refractivity contribution in [2.45, 2.75) is 6.18 Å². The van der Waals surface area contributed by atoms with Gasteiger partial charge in [-0.1, -0.05) is 11.6 Å². The van der Waals surface area contributed by atoms with Gasteiger partial charge in [-0.25, -0.2) is 4.39 Å². The molecule has 0 aliphatic carbocycles. The number of rotatable bonds is 1. The molecule has 19 heavy (non-hydrogen) atoms. The summed E-state index contributed by atoms with van der Waals surface area (Å²) in [6.07, 6.45) is -4.51. The molecule has 1 nitrogen and oxygen atoms in total. The molecule has 2 aromatic carbocycles. The molecule has 0 radical (unpaired) electrons. The zero-order valence-electron chi connectivity index (χ0n) is 9.43. The Kier molecular flexibility index (Phi) is 3.41. The zero-order valence-corrected chi connectivity index (χ0v) is 10.2. The van der Waals surface area contributed by atoms with E-state index in [1.807, 2.05) is 0 Å². The van der Waals surface area contributed by atoms with Crippen molar-refractivity contribution in [1.82, 2.24) is 0 Å². The summed E-state index contributed by atoms with van der Waals surface area (Å²) in [6, 6.07) is 6.58. The lowest BCUT2D eigenvalue weighted by Gasteiger charge is -2.11. The first-order valence-electron chi connectivity index (χ1n) is 5.20. The first-order chi connectivity index (χ1) is 8.77. The van der Waals surface area contributed by atoms with Crippen LogP contribution in [0.15, 0.2) is 36.4 Å². The summed E-state index contributed by atoms with van der Waals surface area (Å²) in [5, 5.41) is -0.0615. The highest BCUT2D eigenvalue weighted by Gasteiger charge is 2.31. The van der Waals surface area contributed by atoms with Crippen molar-refractivity contribution in [2.75, 3.05) is 5.73 Å². The number of alkyl halides is 3. The second-order valence-electron chi connectivity index (χ2n) is 3.96. The maximum Gasteiger partial charge on any atom is 0.416 e. The lowest BCUT2D eigenvalue weighted by atomic mass is 10.0. The van der Waals surface area contributed by atoms with E-state index in [2.05, 4.69) is 0 Å². The summed E-state index contributed by atoms with van der Waals surface area (Å²) in [5.41, 5.74) is 5.27. The quantitative estimate of drug-likeness (QED) is 0.595. The number of nitrogen functional groups attached to an aromatic ring is 1. The number of halogens is 5. The van der Waals surface area contributed by atoms with Crippen LogP contribution in [0.4, 0.5) is 23.2 Å². The fourth-order valence-electron chi connectivity index (χ4n) is 1.71. The van der Waals surface area contributed by atoms with Gasteiger partial charge in [0.05, 0.1) is 5.56 Å². The van der Waals surface area contributed by atoms with E-state index in [1.54, 1.807) is 0 Å². The molecule has 0 spiro atoms. The Hall–Kier alpha value is -1.75. The Morgan fingerprint density at radius 1 is 1.00 bits per heavy atom. The van der Waals surface area contributed by atoms with E-state index in [9.17, 15) is 17.6 Å². The highest BCUT2D eigenvalue weighted by atomic mass is 35.5. The molecule has 0 saturated heterocycles. The van der Waals surface area contributed by atoms with Gasteiger partial charge in [-0.3, -0.25) is 0 Å². The smallest absolute Gasteiger partial charge is 0.398 e. The Morgan fingerprint density at radius 3 is 2.26 bits per heavy atom. The highest BCUT2D eigenvalue weighted by molar-refractivity contribution is 6.31. The Morgan fingerprint density at radius 2 is 1.68 bits per heavy atom. The summed E-state index contributed by atoms with van der Waals surface area (Å²) in [6.45, 7) is 0. The Bertz CT molecular complexity index is 623. The summed E-state index contributed by atoms with van der Waals surface area (Å²) < 4.78 is 51.0. The van der Waals surface area contributed by atoms with E-state index in [4.69, 9.17) is 17.3 Å². The van der Waals surface area contributed by atoms with Gasteiger partial charge in [-0.15, -0.1) is 0 Å². The van der Waals surface area contributed by atoms with Gasteiger partial charge in [0, 0.05) is 16.3 Å². The van der Waals surface area contributed by atoms with Gasteiger partial charge in [-0.05, 0) is 42.0 Å². The average molecular weight is 290 g/mol. The second-order valence-corrected chi connectivity index (χ2v) is 4.39. The predicted molar refractivity (Wildman–Crippen MR) is 66.3 cm³/mol.